The predicted molar refractivity (Wildman–Crippen MR) is 75.5 cm³/mol. The molecule has 0 fully saturated rings. The van der Waals surface area contributed by atoms with Crippen LogP contribution in [0.2, 0.25) is 10.0 Å². The fourth-order valence-corrected chi connectivity index (χ4v) is 1.99. The third-order valence-electron chi connectivity index (χ3n) is 2.58. The monoisotopic (exact) mass is 329 g/mol. The van der Waals surface area contributed by atoms with Crippen LogP contribution in [0.15, 0.2) is 18.5 Å². The van der Waals surface area contributed by atoms with Gasteiger partial charge in [-0.3, -0.25) is 20.0 Å². The molecule has 0 atom stereocenters. The summed E-state index contributed by atoms with van der Waals surface area (Å²) in [5, 5.41) is 19.6. The normalized spacial score (nSPS) is 10.4. The predicted octanol–water partition coefficient (Wildman–Crippen LogP) is 1.99. The first-order chi connectivity index (χ1) is 9.99. The van der Waals surface area contributed by atoms with Crippen LogP contribution in [0, 0.1) is 10.1 Å². The van der Waals surface area contributed by atoms with Crippen LogP contribution in [0.3, 0.4) is 0 Å². The summed E-state index contributed by atoms with van der Waals surface area (Å²) in [6, 6.07) is 2.17. The SMILES string of the molecule is O=C(NCCc1ncn[nH]1)c1cc([N+](=O)[O-])cc(Cl)c1Cl. The van der Waals surface area contributed by atoms with Crippen molar-refractivity contribution in [1.29, 1.82) is 0 Å². The van der Waals surface area contributed by atoms with Crippen molar-refractivity contribution in [2.75, 3.05) is 6.54 Å². The Hall–Kier alpha value is -2.19. The molecule has 1 aromatic carbocycles. The molecule has 21 heavy (non-hydrogen) atoms. The summed E-state index contributed by atoms with van der Waals surface area (Å²) in [5.41, 5.74) is -0.349. The molecule has 110 valence electrons. The fourth-order valence-electron chi connectivity index (χ4n) is 1.59. The smallest absolute Gasteiger partial charge is 0.271 e. The molecule has 2 rings (SSSR count). The van der Waals surface area contributed by atoms with E-state index >= 15 is 0 Å². The van der Waals surface area contributed by atoms with E-state index in [9.17, 15) is 14.9 Å². The molecule has 0 aliphatic heterocycles. The first-order valence-corrected chi connectivity index (χ1v) is 6.50. The number of benzene rings is 1. The van der Waals surface area contributed by atoms with E-state index in [2.05, 4.69) is 20.5 Å². The molecule has 1 amide bonds. The van der Waals surface area contributed by atoms with Crippen LogP contribution in [-0.2, 0) is 6.42 Å². The standard InChI is InChI=1S/C11H9Cl2N5O3/c12-8-4-6(18(20)21)3-7(10(8)13)11(19)14-2-1-9-15-5-16-17-9/h3-5H,1-2H2,(H,14,19)(H,15,16,17). The second-order valence-electron chi connectivity index (χ2n) is 3.98. The molecule has 0 bridgehead atoms. The minimum Gasteiger partial charge on any atom is -0.352 e. The number of nitro groups is 1. The molecule has 8 nitrogen and oxygen atoms in total. The van der Waals surface area contributed by atoms with Crippen molar-refractivity contribution in [2.24, 2.45) is 0 Å². The Labute approximate surface area is 128 Å². The summed E-state index contributed by atoms with van der Waals surface area (Å²) in [5.74, 6) is 0.0589. The molecular weight excluding hydrogens is 321 g/mol. The van der Waals surface area contributed by atoms with Crippen molar-refractivity contribution < 1.29 is 9.72 Å². The van der Waals surface area contributed by atoms with E-state index in [-0.39, 0.29) is 27.8 Å². The van der Waals surface area contributed by atoms with E-state index in [1.165, 1.54) is 6.33 Å². The zero-order valence-corrected chi connectivity index (χ0v) is 12.0. The maximum absolute atomic E-state index is 12.0. The Kier molecular flexibility index (Phi) is 4.71. The number of hydrogen-bond acceptors (Lipinski definition) is 5. The van der Waals surface area contributed by atoms with Gasteiger partial charge in [0, 0.05) is 25.1 Å². The summed E-state index contributed by atoms with van der Waals surface area (Å²) < 4.78 is 0. The molecular formula is C11H9Cl2N5O3. The fraction of sp³-hybridized carbons (Fsp3) is 0.182. The highest BCUT2D eigenvalue weighted by molar-refractivity contribution is 6.44. The van der Waals surface area contributed by atoms with Crippen LogP contribution < -0.4 is 5.32 Å². The number of nitro benzene ring substituents is 1. The van der Waals surface area contributed by atoms with Gasteiger partial charge < -0.3 is 5.32 Å². The van der Waals surface area contributed by atoms with Crippen molar-refractivity contribution in [2.45, 2.75) is 6.42 Å². The van der Waals surface area contributed by atoms with Crippen molar-refractivity contribution in [3.8, 4) is 0 Å². The third kappa shape index (κ3) is 3.67. The summed E-state index contributed by atoms with van der Waals surface area (Å²) in [6.45, 7) is 0.269. The zero-order chi connectivity index (χ0) is 15.4. The van der Waals surface area contributed by atoms with Gasteiger partial charge in [0.15, 0.2) is 0 Å². The van der Waals surface area contributed by atoms with Gasteiger partial charge in [0.05, 0.1) is 20.5 Å². The highest BCUT2D eigenvalue weighted by Crippen LogP contribution is 2.30. The number of rotatable bonds is 5. The van der Waals surface area contributed by atoms with E-state index in [1.54, 1.807) is 0 Å². The largest absolute Gasteiger partial charge is 0.352 e. The quantitative estimate of drug-likeness (QED) is 0.643. The van der Waals surface area contributed by atoms with Crippen molar-refractivity contribution >= 4 is 34.8 Å². The van der Waals surface area contributed by atoms with E-state index in [0.29, 0.717) is 12.2 Å². The van der Waals surface area contributed by atoms with Crippen molar-refractivity contribution in [3.05, 3.63) is 50.0 Å². The lowest BCUT2D eigenvalue weighted by molar-refractivity contribution is -0.384. The highest BCUT2D eigenvalue weighted by atomic mass is 35.5. The molecule has 2 aromatic rings. The summed E-state index contributed by atoms with van der Waals surface area (Å²) in [7, 11) is 0. The maximum Gasteiger partial charge on any atom is 0.271 e. The van der Waals surface area contributed by atoms with Crippen LogP contribution in [0.1, 0.15) is 16.2 Å². The van der Waals surface area contributed by atoms with E-state index in [4.69, 9.17) is 23.2 Å². The van der Waals surface area contributed by atoms with Gasteiger partial charge in [-0.25, -0.2) is 4.98 Å². The van der Waals surface area contributed by atoms with E-state index in [0.717, 1.165) is 12.1 Å². The van der Waals surface area contributed by atoms with Gasteiger partial charge in [-0.1, -0.05) is 23.2 Å². The Morgan fingerprint density at radius 2 is 2.19 bits per heavy atom. The molecule has 1 aromatic heterocycles. The second kappa shape index (κ2) is 6.51. The first-order valence-electron chi connectivity index (χ1n) is 5.75. The highest BCUT2D eigenvalue weighted by Gasteiger charge is 2.19. The number of halogens is 2. The molecule has 0 aliphatic rings. The lowest BCUT2D eigenvalue weighted by Crippen LogP contribution is -2.26. The van der Waals surface area contributed by atoms with Crippen molar-refractivity contribution in [1.82, 2.24) is 20.5 Å². The average Bonchev–Trinajstić information content (AvgIpc) is 2.94. The van der Waals surface area contributed by atoms with E-state index < -0.39 is 10.8 Å². The number of aromatic nitrogens is 3. The number of amides is 1. The molecule has 0 spiro atoms. The number of nitrogens with one attached hydrogen (secondary N) is 2. The van der Waals surface area contributed by atoms with Crippen LogP contribution in [0.25, 0.3) is 0 Å². The number of H-pyrrole nitrogens is 1. The number of aromatic amines is 1. The maximum atomic E-state index is 12.0. The lowest BCUT2D eigenvalue weighted by Gasteiger charge is -2.07. The molecule has 1 heterocycles. The molecule has 0 saturated carbocycles. The number of non-ortho nitro benzene ring substituents is 1. The molecule has 0 unspecified atom stereocenters. The first kappa shape index (κ1) is 15.2. The number of hydrogen-bond donors (Lipinski definition) is 2. The van der Waals surface area contributed by atoms with Crippen molar-refractivity contribution in [3.63, 3.8) is 0 Å². The Morgan fingerprint density at radius 1 is 1.43 bits per heavy atom. The van der Waals surface area contributed by atoms with Gasteiger partial charge in [0.1, 0.15) is 12.2 Å². The molecule has 10 heteroatoms. The Morgan fingerprint density at radius 3 is 2.81 bits per heavy atom. The van der Waals surface area contributed by atoms with Gasteiger partial charge in [0.25, 0.3) is 11.6 Å². The molecule has 0 radical (unpaired) electrons. The van der Waals surface area contributed by atoms with Gasteiger partial charge >= 0.3 is 0 Å². The zero-order valence-electron chi connectivity index (χ0n) is 10.5. The summed E-state index contributed by atoms with van der Waals surface area (Å²) >= 11 is 11.7. The minimum atomic E-state index is -0.645. The number of carbonyl (C=O) groups is 1. The number of carbonyl (C=O) groups excluding carboxylic acids is 1. The summed E-state index contributed by atoms with van der Waals surface area (Å²) in [4.78, 5) is 26.0. The van der Waals surface area contributed by atoms with Crippen LogP contribution in [-0.4, -0.2) is 32.6 Å². The van der Waals surface area contributed by atoms with Gasteiger partial charge in [-0.05, 0) is 0 Å². The number of nitrogens with zero attached hydrogens (tertiary/aromatic N) is 3. The lowest BCUT2D eigenvalue weighted by atomic mass is 10.2. The Bertz CT molecular complexity index is 675. The van der Waals surface area contributed by atoms with Gasteiger partial charge in [-0.2, -0.15) is 5.10 Å². The van der Waals surface area contributed by atoms with Gasteiger partial charge in [-0.15, -0.1) is 0 Å². The summed E-state index contributed by atoms with van der Waals surface area (Å²) in [6.07, 6.45) is 1.79. The average molecular weight is 330 g/mol. The van der Waals surface area contributed by atoms with Gasteiger partial charge in [0.2, 0.25) is 0 Å². The third-order valence-corrected chi connectivity index (χ3v) is 3.38. The topological polar surface area (TPSA) is 114 Å². The van der Waals surface area contributed by atoms with Crippen LogP contribution in [0.4, 0.5) is 5.69 Å². The minimum absolute atomic E-state index is 0.0283. The second-order valence-corrected chi connectivity index (χ2v) is 4.77. The Balaban J connectivity index is 2.09. The van der Waals surface area contributed by atoms with E-state index in [1.807, 2.05) is 0 Å². The van der Waals surface area contributed by atoms with Crippen LogP contribution >= 0.6 is 23.2 Å². The molecule has 0 saturated heterocycles. The van der Waals surface area contributed by atoms with Crippen LogP contribution in [0.5, 0.6) is 0 Å². The molecule has 0 aliphatic carbocycles. The molecule has 2 N–H and O–H groups in total.